The fourth-order valence-corrected chi connectivity index (χ4v) is 2.81. The van der Waals surface area contributed by atoms with E-state index in [0.717, 1.165) is 13.0 Å². The van der Waals surface area contributed by atoms with Crippen LogP contribution in [0.25, 0.3) is 0 Å². The van der Waals surface area contributed by atoms with E-state index in [1.807, 2.05) is 0 Å². The molecule has 0 radical (unpaired) electrons. The Hall–Kier alpha value is 0.137. The van der Waals surface area contributed by atoms with E-state index >= 15 is 0 Å². The van der Waals surface area contributed by atoms with Crippen molar-refractivity contribution < 1.29 is 8.85 Å². The van der Waals surface area contributed by atoms with Crippen molar-refractivity contribution in [3.05, 3.63) is 0 Å². The minimum atomic E-state index is -1.65. The van der Waals surface area contributed by atoms with Gasteiger partial charge in [0.15, 0.2) is 0 Å². The Morgan fingerprint density at radius 2 is 2.11 bits per heavy atom. The monoisotopic (exact) mass is 146 g/mol. The summed E-state index contributed by atoms with van der Waals surface area (Å²) in [6.45, 7) is 7.17. The van der Waals surface area contributed by atoms with Gasteiger partial charge in [0, 0.05) is 12.7 Å². The van der Waals surface area contributed by atoms with E-state index < -0.39 is 8.56 Å². The van der Waals surface area contributed by atoms with Crippen molar-refractivity contribution in [3.8, 4) is 0 Å². The highest BCUT2D eigenvalue weighted by Crippen LogP contribution is 2.17. The minimum Gasteiger partial charge on any atom is -0.394 e. The third-order valence-corrected chi connectivity index (χ3v) is 3.33. The first-order valence-electron chi connectivity index (χ1n) is 3.42. The lowest BCUT2D eigenvalue weighted by molar-refractivity contribution is 0.0646. The van der Waals surface area contributed by atoms with Gasteiger partial charge in [-0.05, 0) is 26.4 Å². The first-order chi connectivity index (χ1) is 4.10. The third-order valence-electron chi connectivity index (χ3n) is 1.46. The van der Waals surface area contributed by atoms with Crippen LogP contribution in [0, 0.1) is 0 Å². The summed E-state index contributed by atoms with van der Waals surface area (Å²) >= 11 is 0. The summed E-state index contributed by atoms with van der Waals surface area (Å²) in [6.07, 6.45) is 1.47. The molecule has 1 atom stereocenters. The van der Waals surface area contributed by atoms with Crippen LogP contribution in [0.5, 0.6) is 0 Å². The Labute approximate surface area is 57.4 Å². The van der Waals surface area contributed by atoms with Gasteiger partial charge in [0.1, 0.15) is 0 Å². The maximum atomic E-state index is 5.59. The van der Waals surface area contributed by atoms with Crippen LogP contribution in [0.2, 0.25) is 13.1 Å². The van der Waals surface area contributed by atoms with Gasteiger partial charge in [-0.25, -0.2) is 0 Å². The molecular weight excluding hydrogens is 132 g/mol. The van der Waals surface area contributed by atoms with Gasteiger partial charge >= 0.3 is 8.56 Å². The van der Waals surface area contributed by atoms with Crippen LogP contribution in [0.3, 0.4) is 0 Å². The first-order valence-corrected chi connectivity index (χ1v) is 6.23. The summed E-state index contributed by atoms with van der Waals surface area (Å²) in [4.78, 5) is 0. The number of hydrogen-bond donors (Lipinski definition) is 0. The summed E-state index contributed by atoms with van der Waals surface area (Å²) in [5.41, 5.74) is 0. The van der Waals surface area contributed by atoms with Crippen molar-refractivity contribution in [2.24, 2.45) is 0 Å². The fraction of sp³-hybridized carbons (Fsp3) is 1.00. The molecule has 1 aliphatic heterocycles. The van der Waals surface area contributed by atoms with Crippen molar-refractivity contribution in [2.75, 3.05) is 6.61 Å². The second-order valence-corrected chi connectivity index (χ2v) is 6.29. The SMILES string of the molecule is CC1CCO[Si](C)(C)O1. The van der Waals surface area contributed by atoms with Crippen LogP contribution in [-0.4, -0.2) is 21.3 Å². The first kappa shape index (κ1) is 7.25. The highest BCUT2D eigenvalue weighted by molar-refractivity contribution is 6.64. The van der Waals surface area contributed by atoms with Crippen LogP contribution >= 0.6 is 0 Å². The predicted octanol–water partition coefficient (Wildman–Crippen LogP) is 1.51. The fourth-order valence-electron chi connectivity index (χ4n) is 1.05. The topological polar surface area (TPSA) is 18.5 Å². The molecule has 0 saturated carbocycles. The van der Waals surface area contributed by atoms with E-state index in [1.165, 1.54) is 0 Å². The maximum Gasteiger partial charge on any atom is 0.331 e. The van der Waals surface area contributed by atoms with Gasteiger partial charge in [-0.1, -0.05) is 0 Å². The summed E-state index contributed by atoms with van der Waals surface area (Å²) in [5.74, 6) is 0. The van der Waals surface area contributed by atoms with Crippen molar-refractivity contribution >= 4 is 8.56 Å². The van der Waals surface area contributed by atoms with Gasteiger partial charge < -0.3 is 8.85 Å². The number of hydrogen-bond acceptors (Lipinski definition) is 2. The van der Waals surface area contributed by atoms with Gasteiger partial charge in [-0.3, -0.25) is 0 Å². The van der Waals surface area contributed by atoms with E-state index in [4.69, 9.17) is 8.85 Å². The van der Waals surface area contributed by atoms with Crippen molar-refractivity contribution in [2.45, 2.75) is 32.5 Å². The molecule has 1 saturated heterocycles. The minimum absolute atomic E-state index is 0.417. The van der Waals surface area contributed by atoms with Crippen LogP contribution in [0.1, 0.15) is 13.3 Å². The lowest BCUT2D eigenvalue weighted by Crippen LogP contribution is -2.43. The highest BCUT2D eigenvalue weighted by atomic mass is 28.4. The second-order valence-electron chi connectivity index (χ2n) is 2.97. The molecule has 0 aromatic carbocycles. The second kappa shape index (κ2) is 2.40. The molecule has 0 aliphatic carbocycles. The molecule has 0 amide bonds. The van der Waals surface area contributed by atoms with Crippen molar-refractivity contribution in [3.63, 3.8) is 0 Å². The highest BCUT2D eigenvalue weighted by Gasteiger charge is 2.30. The van der Waals surface area contributed by atoms with Crippen molar-refractivity contribution in [1.82, 2.24) is 0 Å². The molecule has 0 N–H and O–H groups in total. The smallest absolute Gasteiger partial charge is 0.331 e. The summed E-state index contributed by atoms with van der Waals surface area (Å²) in [6, 6.07) is 0. The summed E-state index contributed by atoms with van der Waals surface area (Å²) in [5, 5.41) is 0. The predicted molar refractivity (Wildman–Crippen MR) is 38.6 cm³/mol. The van der Waals surface area contributed by atoms with Crippen LogP contribution in [0.4, 0.5) is 0 Å². The Bertz CT molecular complexity index is 103. The van der Waals surface area contributed by atoms with Gasteiger partial charge in [0.2, 0.25) is 0 Å². The molecule has 54 valence electrons. The van der Waals surface area contributed by atoms with E-state index in [9.17, 15) is 0 Å². The molecule has 1 fully saturated rings. The number of rotatable bonds is 0. The molecule has 0 aromatic heterocycles. The standard InChI is InChI=1S/C6H14O2Si/c1-6-4-5-7-9(2,3)8-6/h6H,4-5H2,1-3H3. The van der Waals surface area contributed by atoms with Gasteiger partial charge in [-0.15, -0.1) is 0 Å². The van der Waals surface area contributed by atoms with E-state index in [1.54, 1.807) is 0 Å². The summed E-state index contributed by atoms with van der Waals surface area (Å²) < 4.78 is 11.0. The lowest BCUT2D eigenvalue weighted by atomic mass is 10.3. The summed E-state index contributed by atoms with van der Waals surface area (Å²) in [7, 11) is -1.65. The van der Waals surface area contributed by atoms with Gasteiger partial charge in [0.05, 0.1) is 0 Å². The quantitative estimate of drug-likeness (QED) is 0.482. The Balaban J connectivity index is 2.41. The van der Waals surface area contributed by atoms with Crippen LogP contribution < -0.4 is 0 Å². The molecular formula is C6H14O2Si. The Morgan fingerprint density at radius 1 is 1.44 bits per heavy atom. The average Bonchev–Trinajstić information content (AvgIpc) is 1.60. The molecule has 2 nitrogen and oxygen atoms in total. The molecule has 9 heavy (non-hydrogen) atoms. The maximum absolute atomic E-state index is 5.59. The molecule has 1 heterocycles. The molecule has 1 unspecified atom stereocenters. The largest absolute Gasteiger partial charge is 0.394 e. The van der Waals surface area contributed by atoms with E-state index in [0.29, 0.717) is 6.10 Å². The lowest BCUT2D eigenvalue weighted by Gasteiger charge is -2.32. The Kier molecular flexibility index (Phi) is 1.93. The van der Waals surface area contributed by atoms with Gasteiger partial charge in [0.25, 0.3) is 0 Å². The molecule has 1 aliphatic rings. The van der Waals surface area contributed by atoms with E-state index in [2.05, 4.69) is 20.0 Å². The molecule has 1 rings (SSSR count). The zero-order chi connectivity index (χ0) is 6.91. The molecule has 3 heteroatoms. The normalized spacial score (nSPS) is 34.3. The Morgan fingerprint density at radius 3 is 2.44 bits per heavy atom. The molecule has 0 bridgehead atoms. The van der Waals surface area contributed by atoms with E-state index in [-0.39, 0.29) is 0 Å². The third kappa shape index (κ3) is 2.08. The van der Waals surface area contributed by atoms with Crippen molar-refractivity contribution in [1.29, 1.82) is 0 Å². The van der Waals surface area contributed by atoms with Crippen LogP contribution in [-0.2, 0) is 8.85 Å². The molecule has 0 aromatic rings. The molecule has 0 spiro atoms. The van der Waals surface area contributed by atoms with Gasteiger partial charge in [-0.2, -0.15) is 0 Å². The zero-order valence-electron chi connectivity index (χ0n) is 6.31. The van der Waals surface area contributed by atoms with Crippen LogP contribution in [0.15, 0.2) is 0 Å². The average molecular weight is 146 g/mol. The zero-order valence-corrected chi connectivity index (χ0v) is 7.31.